The number of fused-ring (bicyclic) bond motifs is 1. The zero-order valence-corrected chi connectivity index (χ0v) is 18.9. The first-order chi connectivity index (χ1) is 13.8. The monoisotopic (exact) mass is 415 g/mol. The van der Waals surface area contributed by atoms with E-state index in [1.807, 2.05) is 44.7 Å². The van der Waals surface area contributed by atoms with Gasteiger partial charge in [-0.15, -0.1) is 0 Å². The maximum Gasteiger partial charge on any atom is 0.162 e. The fraction of sp³-hybridized carbons (Fsp3) is 0.476. The lowest BCUT2D eigenvalue weighted by atomic mass is 9.92. The lowest BCUT2D eigenvalue weighted by Crippen LogP contribution is -2.32. The van der Waals surface area contributed by atoms with Gasteiger partial charge in [-0.25, -0.2) is 9.98 Å². The number of thioether (sulfide) groups is 1. The van der Waals surface area contributed by atoms with Gasteiger partial charge in [0.1, 0.15) is 0 Å². The van der Waals surface area contributed by atoms with Crippen LogP contribution in [0.25, 0.3) is 16.6 Å². The van der Waals surface area contributed by atoms with E-state index >= 15 is 0 Å². The number of aromatic nitrogens is 2. The molecule has 158 valence electrons. The number of likely N-dealkylation sites (N-methyl/N-ethyl adjacent to an activating group) is 1. The van der Waals surface area contributed by atoms with Crippen LogP contribution in [0.15, 0.2) is 35.6 Å². The molecule has 0 aliphatic rings. The van der Waals surface area contributed by atoms with Gasteiger partial charge in [0.15, 0.2) is 11.0 Å². The van der Waals surface area contributed by atoms with Gasteiger partial charge >= 0.3 is 0 Å². The Kier molecular flexibility index (Phi) is 8.43. The molecular weight excluding hydrogens is 382 g/mol. The van der Waals surface area contributed by atoms with E-state index in [0.29, 0.717) is 22.8 Å². The second-order valence-corrected chi connectivity index (χ2v) is 8.81. The third-order valence-corrected chi connectivity index (χ3v) is 5.76. The number of hydrogen-bond donors (Lipinski definition) is 4. The molecular formula is C21H33N7S. The highest BCUT2D eigenvalue weighted by atomic mass is 32.2. The molecule has 2 rings (SSSR count). The third kappa shape index (κ3) is 6.16. The SMILES string of the molecule is CN/C=C(/c1cnc2ccc(N=C(N)SC(N)C(C)C)nc2c1)C(NC)C(C)C. The zero-order valence-electron chi connectivity index (χ0n) is 18.1. The number of nitrogens with zero attached hydrogens (tertiary/aromatic N) is 3. The van der Waals surface area contributed by atoms with E-state index < -0.39 is 0 Å². The van der Waals surface area contributed by atoms with Crippen LogP contribution < -0.4 is 22.1 Å². The molecule has 2 atom stereocenters. The van der Waals surface area contributed by atoms with Crippen LogP contribution in [0.5, 0.6) is 0 Å². The number of hydrogen-bond acceptors (Lipinski definition) is 7. The Labute approximate surface area is 177 Å². The average Bonchev–Trinajstić information content (AvgIpc) is 2.66. The van der Waals surface area contributed by atoms with Crippen molar-refractivity contribution < 1.29 is 0 Å². The van der Waals surface area contributed by atoms with E-state index in [1.54, 1.807) is 0 Å². The zero-order chi connectivity index (χ0) is 21.6. The number of pyridine rings is 2. The van der Waals surface area contributed by atoms with Gasteiger partial charge in [-0.3, -0.25) is 4.98 Å². The van der Waals surface area contributed by atoms with Crippen LogP contribution in [-0.4, -0.2) is 40.6 Å². The van der Waals surface area contributed by atoms with Gasteiger partial charge in [-0.2, -0.15) is 0 Å². The third-order valence-electron chi connectivity index (χ3n) is 4.61. The Morgan fingerprint density at radius 1 is 1.14 bits per heavy atom. The molecule has 0 saturated heterocycles. The molecule has 6 N–H and O–H groups in total. The van der Waals surface area contributed by atoms with Crippen molar-refractivity contribution >= 4 is 39.4 Å². The lowest BCUT2D eigenvalue weighted by Gasteiger charge is -2.24. The molecule has 0 aromatic carbocycles. The minimum atomic E-state index is -0.101. The molecule has 0 aliphatic heterocycles. The fourth-order valence-electron chi connectivity index (χ4n) is 2.99. The van der Waals surface area contributed by atoms with E-state index in [4.69, 9.17) is 11.5 Å². The molecule has 29 heavy (non-hydrogen) atoms. The Balaban J connectivity index is 2.41. The normalized spacial score (nSPS) is 15.2. The number of nitrogens with one attached hydrogen (secondary N) is 2. The van der Waals surface area contributed by atoms with Crippen molar-refractivity contribution in [1.82, 2.24) is 20.6 Å². The highest BCUT2D eigenvalue weighted by Crippen LogP contribution is 2.26. The molecule has 0 aliphatic carbocycles. The molecule has 0 saturated carbocycles. The van der Waals surface area contributed by atoms with Crippen LogP contribution in [0.1, 0.15) is 33.3 Å². The molecule has 0 fully saturated rings. The molecule has 0 radical (unpaired) electrons. The number of amidine groups is 1. The molecule has 2 aromatic heterocycles. The number of rotatable bonds is 8. The van der Waals surface area contributed by atoms with Crippen LogP contribution in [0, 0.1) is 11.8 Å². The minimum absolute atomic E-state index is 0.101. The summed E-state index contributed by atoms with van der Waals surface area (Å²) in [5.74, 6) is 1.27. The summed E-state index contributed by atoms with van der Waals surface area (Å²) in [6.07, 6.45) is 3.89. The highest BCUT2D eigenvalue weighted by Gasteiger charge is 2.19. The molecule has 2 heterocycles. The standard InChI is InChI=1S/C21H33N7S/c1-12(2)19(25-6)15(11-24-5)14-9-17-16(26-10-14)7-8-18(27-17)28-21(23)29-20(22)13(3)4/h7-13,19-20,24-25H,22H2,1-6H3,(H2,23,27,28)/b15-11-. The first-order valence-electron chi connectivity index (χ1n) is 9.85. The quantitative estimate of drug-likeness (QED) is 0.298. The summed E-state index contributed by atoms with van der Waals surface area (Å²) >= 11 is 1.36. The minimum Gasteiger partial charge on any atom is -0.394 e. The van der Waals surface area contributed by atoms with Gasteiger partial charge in [-0.05, 0) is 42.7 Å². The predicted octanol–water partition coefficient (Wildman–Crippen LogP) is 3.05. The number of nitrogens with two attached hydrogens (primary N) is 2. The number of aliphatic imine (C=N–C) groups is 1. The Hall–Kier alpha value is -2.16. The van der Waals surface area contributed by atoms with Gasteiger partial charge < -0.3 is 22.1 Å². The van der Waals surface area contributed by atoms with Crippen LogP contribution in [0.2, 0.25) is 0 Å². The maximum atomic E-state index is 6.06. The van der Waals surface area contributed by atoms with Crippen molar-refractivity contribution in [3.63, 3.8) is 0 Å². The fourth-order valence-corrected chi connectivity index (χ4v) is 3.68. The van der Waals surface area contributed by atoms with Crippen molar-refractivity contribution in [2.45, 2.75) is 39.1 Å². The molecule has 0 amide bonds. The molecule has 2 unspecified atom stereocenters. The first-order valence-corrected chi connectivity index (χ1v) is 10.7. The first kappa shape index (κ1) is 23.1. The van der Waals surface area contributed by atoms with Crippen molar-refractivity contribution in [2.75, 3.05) is 14.1 Å². The Morgan fingerprint density at radius 3 is 2.45 bits per heavy atom. The second-order valence-electron chi connectivity index (χ2n) is 7.61. The van der Waals surface area contributed by atoms with E-state index in [-0.39, 0.29) is 11.4 Å². The van der Waals surface area contributed by atoms with Gasteiger partial charge in [0.05, 0.1) is 16.4 Å². The molecule has 7 nitrogen and oxygen atoms in total. The smallest absolute Gasteiger partial charge is 0.162 e. The average molecular weight is 416 g/mol. The summed E-state index contributed by atoms with van der Waals surface area (Å²) in [5.41, 5.74) is 15.8. The summed E-state index contributed by atoms with van der Waals surface area (Å²) < 4.78 is 0. The maximum absolute atomic E-state index is 6.06. The second kappa shape index (κ2) is 10.6. The van der Waals surface area contributed by atoms with Crippen molar-refractivity contribution in [3.8, 4) is 0 Å². The molecule has 0 spiro atoms. The van der Waals surface area contributed by atoms with Crippen molar-refractivity contribution in [1.29, 1.82) is 0 Å². The van der Waals surface area contributed by atoms with E-state index in [9.17, 15) is 0 Å². The van der Waals surface area contributed by atoms with E-state index in [1.165, 1.54) is 11.8 Å². The van der Waals surface area contributed by atoms with Gasteiger partial charge in [0.2, 0.25) is 0 Å². The highest BCUT2D eigenvalue weighted by molar-refractivity contribution is 8.14. The lowest BCUT2D eigenvalue weighted by molar-refractivity contribution is 0.510. The van der Waals surface area contributed by atoms with Crippen LogP contribution in [0.4, 0.5) is 5.82 Å². The van der Waals surface area contributed by atoms with Gasteiger partial charge in [-0.1, -0.05) is 39.5 Å². The van der Waals surface area contributed by atoms with Crippen LogP contribution in [-0.2, 0) is 0 Å². The van der Waals surface area contributed by atoms with Crippen LogP contribution in [0.3, 0.4) is 0 Å². The predicted molar refractivity (Wildman–Crippen MR) is 126 cm³/mol. The summed E-state index contributed by atoms with van der Waals surface area (Å²) in [5, 5.41) is 6.84. The van der Waals surface area contributed by atoms with E-state index in [2.05, 4.69) is 53.3 Å². The summed E-state index contributed by atoms with van der Waals surface area (Å²) in [7, 11) is 3.87. The summed E-state index contributed by atoms with van der Waals surface area (Å²) in [4.78, 5) is 13.7. The van der Waals surface area contributed by atoms with Crippen molar-refractivity contribution in [3.05, 3.63) is 36.2 Å². The Morgan fingerprint density at radius 2 is 1.86 bits per heavy atom. The van der Waals surface area contributed by atoms with Gasteiger partial charge in [0.25, 0.3) is 0 Å². The largest absolute Gasteiger partial charge is 0.394 e. The van der Waals surface area contributed by atoms with Crippen molar-refractivity contribution in [2.24, 2.45) is 28.3 Å². The van der Waals surface area contributed by atoms with Crippen LogP contribution >= 0.6 is 11.8 Å². The van der Waals surface area contributed by atoms with Gasteiger partial charge in [0, 0.05) is 31.0 Å². The van der Waals surface area contributed by atoms with E-state index in [0.717, 1.165) is 22.2 Å². The summed E-state index contributed by atoms with van der Waals surface area (Å²) in [6, 6.07) is 5.95. The molecule has 0 bridgehead atoms. The molecule has 8 heteroatoms. The molecule has 2 aromatic rings. The summed E-state index contributed by atoms with van der Waals surface area (Å²) in [6.45, 7) is 8.48. The Bertz CT molecular complexity index is 876. The topological polar surface area (TPSA) is 114 Å².